The number of aryl methyl sites for hydroxylation is 2. The molecule has 3 aromatic rings. The van der Waals surface area contributed by atoms with Gasteiger partial charge in [-0.05, 0) is 85.4 Å². The Morgan fingerprint density at radius 3 is 2.43 bits per heavy atom. The third kappa shape index (κ3) is 8.36. The summed E-state index contributed by atoms with van der Waals surface area (Å²) in [5, 5.41) is 21.4. The fraction of sp³-hybridized carbons (Fsp3) is 0.258. The van der Waals surface area contributed by atoms with E-state index in [-0.39, 0.29) is 18.6 Å². The van der Waals surface area contributed by atoms with Gasteiger partial charge in [-0.1, -0.05) is 49.2 Å². The van der Waals surface area contributed by atoms with Crippen LogP contribution in [-0.4, -0.2) is 17.0 Å². The Labute approximate surface area is 218 Å². The van der Waals surface area contributed by atoms with E-state index in [4.69, 9.17) is 15.1 Å². The van der Waals surface area contributed by atoms with Crippen LogP contribution in [0.4, 0.5) is 0 Å². The van der Waals surface area contributed by atoms with E-state index in [0.717, 1.165) is 29.2 Å². The first-order chi connectivity index (χ1) is 17.6. The van der Waals surface area contributed by atoms with Gasteiger partial charge < -0.3 is 15.2 Å². The summed E-state index contributed by atoms with van der Waals surface area (Å²) >= 11 is 0. The standard InChI is InChI=1S/C31H32N2O4/c1-20(2)10-29(26-12-21(3)11-22(4)13-26)33-31(36)27-15-23(8-9-30(34)35)14-25(16-27)19-37-28-7-5-6-24(17-28)18-32/h5-9,11-17,20,29H,10,19H2,1-4H3,(H,33,36)(H,34,35)/b9-8+. The van der Waals surface area contributed by atoms with E-state index in [2.05, 4.69) is 43.4 Å². The second-order valence-electron chi connectivity index (χ2n) is 9.64. The number of nitrogens with one attached hydrogen (secondary N) is 1. The van der Waals surface area contributed by atoms with Crippen LogP contribution in [0.1, 0.15) is 70.0 Å². The number of nitriles is 1. The normalized spacial score (nSPS) is 11.8. The van der Waals surface area contributed by atoms with Gasteiger partial charge in [0.25, 0.3) is 5.91 Å². The van der Waals surface area contributed by atoms with Gasteiger partial charge in [-0.15, -0.1) is 0 Å². The molecule has 0 bridgehead atoms. The molecule has 190 valence electrons. The molecule has 0 aromatic heterocycles. The molecular formula is C31H32N2O4. The highest BCUT2D eigenvalue weighted by atomic mass is 16.5. The van der Waals surface area contributed by atoms with Crippen LogP contribution in [0.2, 0.25) is 0 Å². The first-order valence-electron chi connectivity index (χ1n) is 12.2. The minimum Gasteiger partial charge on any atom is -0.489 e. The SMILES string of the molecule is Cc1cc(C)cc(C(CC(C)C)NC(=O)c2cc(/C=C/C(=O)O)cc(COc3cccc(C#N)c3)c2)c1. The van der Waals surface area contributed by atoms with Crippen molar-refractivity contribution in [1.82, 2.24) is 5.32 Å². The number of rotatable bonds is 10. The van der Waals surface area contributed by atoms with E-state index in [1.807, 2.05) is 13.8 Å². The van der Waals surface area contributed by atoms with E-state index in [1.165, 1.54) is 6.08 Å². The van der Waals surface area contributed by atoms with Crippen LogP contribution in [0, 0.1) is 31.1 Å². The van der Waals surface area contributed by atoms with Gasteiger partial charge in [-0.3, -0.25) is 4.79 Å². The third-order valence-corrected chi connectivity index (χ3v) is 5.72. The van der Waals surface area contributed by atoms with Gasteiger partial charge in [-0.25, -0.2) is 4.79 Å². The number of ether oxygens (including phenoxy) is 1. The average molecular weight is 497 g/mol. The molecule has 0 aliphatic rings. The number of benzene rings is 3. The topological polar surface area (TPSA) is 99.4 Å². The second-order valence-corrected chi connectivity index (χ2v) is 9.64. The summed E-state index contributed by atoms with van der Waals surface area (Å²) in [5.41, 5.74) is 5.51. The lowest BCUT2D eigenvalue weighted by Crippen LogP contribution is -2.30. The molecule has 1 amide bonds. The molecule has 0 aliphatic heterocycles. The van der Waals surface area contributed by atoms with E-state index in [9.17, 15) is 9.59 Å². The van der Waals surface area contributed by atoms with Gasteiger partial charge >= 0.3 is 5.97 Å². The summed E-state index contributed by atoms with van der Waals surface area (Å²) in [6, 6.07) is 20.2. The molecule has 0 spiro atoms. The number of amides is 1. The molecular weight excluding hydrogens is 464 g/mol. The average Bonchev–Trinajstić information content (AvgIpc) is 2.85. The Morgan fingerprint density at radius 2 is 1.78 bits per heavy atom. The number of nitrogens with zero attached hydrogens (tertiary/aromatic N) is 1. The van der Waals surface area contributed by atoms with Crippen molar-refractivity contribution < 1.29 is 19.4 Å². The molecule has 0 heterocycles. The molecule has 1 unspecified atom stereocenters. The minimum atomic E-state index is -1.08. The van der Waals surface area contributed by atoms with Crippen molar-refractivity contribution in [3.8, 4) is 11.8 Å². The van der Waals surface area contributed by atoms with Crippen LogP contribution in [0.25, 0.3) is 6.08 Å². The quantitative estimate of drug-likeness (QED) is 0.318. The molecule has 0 radical (unpaired) electrons. The first-order valence-corrected chi connectivity index (χ1v) is 12.2. The van der Waals surface area contributed by atoms with Gasteiger partial charge in [-0.2, -0.15) is 5.26 Å². The molecule has 0 fully saturated rings. The number of aliphatic carboxylic acids is 1. The lowest BCUT2D eigenvalue weighted by molar-refractivity contribution is -0.131. The van der Waals surface area contributed by atoms with Crippen molar-refractivity contribution >= 4 is 18.0 Å². The van der Waals surface area contributed by atoms with Gasteiger partial charge in [0.05, 0.1) is 17.7 Å². The monoisotopic (exact) mass is 496 g/mol. The van der Waals surface area contributed by atoms with Gasteiger partial charge in [0, 0.05) is 11.6 Å². The number of carbonyl (C=O) groups is 2. The summed E-state index contributed by atoms with van der Waals surface area (Å²) in [5.74, 6) is -0.427. The lowest BCUT2D eigenvalue weighted by Gasteiger charge is -2.22. The highest BCUT2D eigenvalue weighted by Gasteiger charge is 2.19. The Hall–Kier alpha value is -4.37. The molecule has 37 heavy (non-hydrogen) atoms. The van der Waals surface area contributed by atoms with Crippen molar-refractivity contribution in [3.63, 3.8) is 0 Å². The highest BCUT2D eigenvalue weighted by Crippen LogP contribution is 2.25. The van der Waals surface area contributed by atoms with Crippen LogP contribution in [-0.2, 0) is 11.4 Å². The summed E-state index contributed by atoms with van der Waals surface area (Å²) in [4.78, 5) is 24.5. The predicted molar refractivity (Wildman–Crippen MR) is 144 cm³/mol. The summed E-state index contributed by atoms with van der Waals surface area (Å²) in [7, 11) is 0. The summed E-state index contributed by atoms with van der Waals surface area (Å²) in [6.45, 7) is 8.48. The fourth-order valence-electron chi connectivity index (χ4n) is 4.22. The molecule has 6 heteroatoms. The van der Waals surface area contributed by atoms with Gasteiger partial charge in [0.2, 0.25) is 0 Å². The van der Waals surface area contributed by atoms with Gasteiger partial charge in [0.15, 0.2) is 0 Å². The molecule has 2 N–H and O–H groups in total. The number of hydrogen-bond acceptors (Lipinski definition) is 4. The van der Waals surface area contributed by atoms with E-state index in [1.54, 1.807) is 42.5 Å². The Morgan fingerprint density at radius 1 is 1.05 bits per heavy atom. The van der Waals surface area contributed by atoms with Crippen LogP contribution < -0.4 is 10.1 Å². The van der Waals surface area contributed by atoms with Gasteiger partial charge in [0.1, 0.15) is 12.4 Å². The zero-order chi connectivity index (χ0) is 26.9. The minimum absolute atomic E-state index is 0.149. The summed E-state index contributed by atoms with van der Waals surface area (Å²) < 4.78 is 5.86. The third-order valence-electron chi connectivity index (χ3n) is 5.72. The van der Waals surface area contributed by atoms with Crippen LogP contribution in [0.5, 0.6) is 5.75 Å². The maximum Gasteiger partial charge on any atom is 0.328 e. The molecule has 1 atom stereocenters. The molecule has 3 aromatic carbocycles. The van der Waals surface area contributed by atoms with Crippen LogP contribution >= 0.6 is 0 Å². The Bertz CT molecular complexity index is 1330. The molecule has 0 saturated carbocycles. The second kappa shape index (κ2) is 12.5. The smallest absolute Gasteiger partial charge is 0.328 e. The van der Waals surface area contributed by atoms with Crippen molar-refractivity contribution in [2.45, 2.75) is 46.8 Å². The molecule has 3 rings (SSSR count). The first kappa shape index (κ1) is 27.2. The maximum atomic E-state index is 13.5. The van der Waals surface area contributed by atoms with Crippen molar-refractivity contribution in [3.05, 3.63) is 106 Å². The molecule has 6 nitrogen and oxygen atoms in total. The van der Waals surface area contributed by atoms with E-state index >= 15 is 0 Å². The number of carboxylic acid groups (broad SMARTS) is 1. The van der Waals surface area contributed by atoms with Crippen molar-refractivity contribution in [2.24, 2.45) is 5.92 Å². The summed E-state index contributed by atoms with van der Waals surface area (Å²) in [6.07, 6.45) is 3.27. The van der Waals surface area contributed by atoms with Crippen LogP contribution in [0.3, 0.4) is 0 Å². The zero-order valence-corrected chi connectivity index (χ0v) is 21.6. The molecule has 0 aliphatic carbocycles. The predicted octanol–water partition coefficient (Wildman–Crippen LogP) is 6.37. The number of carbonyl (C=O) groups excluding carboxylic acids is 1. The molecule has 0 saturated heterocycles. The van der Waals surface area contributed by atoms with Crippen molar-refractivity contribution in [2.75, 3.05) is 0 Å². The van der Waals surface area contributed by atoms with Crippen LogP contribution in [0.15, 0.2) is 66.7 Å². The van der Waals surface area contributed by atoms with Crippen molar-refractivity contribution in [1.29, 1.82) is 5.26 Å². The van der Waals surface area contributed by atoms with E-state index in [0.29, 0.717) is 33.9 Å². The lowest BCUT2D eigenvalue weighted by atomic mass is 9.94. The highest BCUT2D eigenvalue weighted by molar-refractivity contribution is 5.95. The number of hydrogen-bond donors (Lipinski definition) is 2. The van der Waals surface area contributed by atoms with E-state index < -0.39 is 5.97 Å². The zero-order valence-electron chi connectivity index (χ0n) is 21.6. The number of carboxylic acids is 1. The largest absolute Gasteiger partial charge is 0.489 e. The Balaban J connectivity index is 1.90. The maximum absolute atomic E-state index is 13.5. The Kier molecular flexibility index (Phi) is 9.23. The fourth-order valence-corrected chi connectivity index (χ4v) is 4.22.